The molecule has 0 bridgehead atoms. The van der Waals surface area contributed by atoms with E-state index < -0.39 is 108 Å². The van der Waals surface area contributed by atoms with Crippen LogP contribution in [0.5, 0.6) is 17.2 Å². The Morgan fingerprint density at radius 2 is 0.907 bits per heavy atom. The molecule has 0 unspecified atom stereocenters. The number of nitrogens with two attached hydrogens (primary N) is 3. The van der Waals surface area contributed by atoms with E-state index in [1.807, 2.05) is 0 Å². The van der Waals surface area contributed by atoms with Gasteiger partial charge >= 0.3 is 5.97 Å². The van der Waals surface area contributed by atoms with Crippen LogP contribution in [-0.2, 0) is 62.4 Å². The van der Waals surface area contributed by atoms with Crippen molar-refractivity contribution in [1.82, 2.24) is 37.2 Å². The van der Waals surface area contributed by atoms with Gasteiger partial charge in [-0.3, -0.25) is 48.1 Å². The summed E-state index contributed by atoms with van der Waals surface area (Å²) in [5.41, 5.74) is 18.1. The third-order valence-corrected chi connectivity index (χ3v) is 11.8. The quantitative estimate of drug-likeness (QED) is 0.0224. The minimum absolute atomic E-state index is 0.00572. The Morgan fingerprint density at radius 3 is 1.35 bits per heavy atom. The number of aliphatic carboxylic acids is 1. The third kappa shape index (κ3) is 21.7. The lowest BCUT2D eigenvalue weighted by Crippen LogP contribution is -2.61. The molecule has 75 heavy (non-hydrogen) atoms. The molecule has 0 spiro atoms. The monoisotopic (exact) mass is 1050 g/mol. The summed E-state index contributed by atoms with van der Waals surface area (Å²) in [5.74, 6) is -9.59. The fourth-order valence-electron chi connectivity index (χ4n) is 7.66. The van der Waals surface area contributed by atoms with E-state index in [1.165, 1.54) is 67.6 Å². The fraction of sp³-hybridized carbons (Fsp3) is 0.451. The molecular weight excluding hydrogens is 975 g/mol. The van der Waals surface area contributed by atoms with Crippen molar-refractivity contribution in [3.05, 3.63) is 89.5 Å². The first-order valence-electron chi connectivity index (χ1n) is 24.3. The van der Waals surface area contributed by atoms with Gasteiger partial charge in [0.25, 0.3) is 0 Å². The number of carbonyl (C=O) groups is 9. The lowest BCUT2D eigenvalue weighted by molar-refractivity contribution is -0.141. The molecule has 0 aliphatic rings. The topological polar surface area (TPSA) is 409 Å². The minimum Gasteiger partial charge on any atom is -0.508 e. The minimum atomic E-state index is -1.81. The largest absolute Gasteiger partial charge is 0.508 e. The van der Waals surface area contributed by atoms with Gasteiger partial charge in [0.1, 0.15) is 59.5 Å². The number of hydrogen-bond acceptors (Lipinski definition) is 13. The van der Waals surface area contributed by atoms with Gasteiger partial charge in [-0.15, -0.1) is 0 Å². The Bertz CT molecular complexity index is 2470. The molecule has 0 fully saturated rings. The zero-order chi connectivity index (χ0) is 55.9. The zero-order valence-corrected chi connectivity index (χ0v) is 42.6. The Kier molecular flexibility index (Phi) is 24.3. The summed E-state index contributed by atoms with van der Waals surface area (Å²) >= 11 is 0. The number of guanidine groups is 1. The first-order valence-corrected chi connectivity index (χ1v) is 24.3. The molecule has 3 aromatic carbocycles. The Morgan fingerprint density at radius 1 is 0.520 bits per heavy atom. The van der Waals surface area contributed by atoms with Crippen molar-refractivity contribution in [2.45, 2.75) is 128 Å². The summed E-state index contributed by atoms with van der Waals surface area (Å²) in [4.78, 5) is 125. The maximum Gasteiger partial charge on any atom is 0.305 e. The number of rotatable bonds is 30. The van der Waals surface area contributed by atoms with Crippen LogP contribution in [0.15, 0.2) is 77.8 Å². The molecule has 3 aromatic rings. The lowest BCUT2D eigenvalue weighted by Gasteiger charge is -2.29. The number of carboxylic acids is 1. The van der Waals surface area contributed by atoms with Gasteiger partial charge in [-0.05, 0) is 84.2 Å². The summed E-state index contributed by atoms with van der Waals surface area (Å²) < 4.78 is 0. The first kappa shape index (κ1) is 60.9. The maximum absolute atomic E-state index is 14.4. The van der Waals surface area contributed by atoms with Gasteiger partial charge in [0.05, 0.1) is 6.42 Å². The number of aliphatic imine (C=N–C) groups is 1. The van der Waals surface area contributed by atoms with Crippen molar-refractivity contribution < 1.29 is 63.6 Å². The maximum atomic E-state index is 14.4. The number of nitrogens with one attached hydrogen (secondary N) is 7. The molecular formula is C51H71N11O13. The second-order valence-corrected chi connectivity index (χ2v) is 18.6. The Labute approximate surface area is 434 Å². The van der Waals surface area contributed by atoms with Crippen LogP contribution < -0.4 is 54.4 Å². The summed E-state index contributed by atoms with van der Waals surface area (Å²) in [6, 6.07) is 7.30. The first-order chi connectivity index (χ1) is 35.3. The highest BCUT2D eigenvalue weighted by Gasteiger charge is 2.36. The smallest absolute Gasteiger partial charge is 0.305 e. The van der Waals surface area contributed by atoms with Gasteiger partial charge in [0, 0.05) is 32.7 Å². The highest BCUT2D eigenvalue weighted by Crippen LogP contribution is 2.17. The average Bonchev–Trinajstić information content (AvgIpc) is 3.33. The number of amides is 8. The van der Waals surface area contributed by atoms with Gasteiger partial charge < -0.3 is 74.8 Å². The van der Waals surface area contributed by atoms with Crippen molar-refractivity contribution in [3.63, 3.8) is 0 Å². The second-order valence-electron chi connectivity index (χ2n) is 18.6. The van der Waals surface area contributed by atoms with Crippen molar-refractivity contribution in [2.75, 3.05) is 6.54 Å². The molecule has 24 heteroatoms. The second kappa shape index (κ2) is 29.9. The molecule has 3 rings (SSSR count). The van der Waals surface area contributed by atoms with E-state index in [2.05, 4.69) is 42.2 Å². The molecule has 0 heterocycles. The number of aromatic hydroxyl groups is 3. The van der Waals surface area contributed by atoms with Crippen molar-refractivity contribution in [3.8, 4) is 17.2 Å². The van der Waals surface area contributed by atoms with Crippen molar-refractivity contribution in [2.24, 2.45) is 34.0 Å². The predicted molar refractivity (Wildman–Crippen MR) is 275 cm³/mol. The van der Waals surface area contributed by atoms with Gasteiger partial charge in [0.15, 0.2) is 5.96 Å². The van der Waals surface area contributed by atoms with E-state index in [4.69, 9.17) is 17.2 Å². The SMILES string of the molecule is CC[C@H](C)[C@H](NC(=O)[C@H](Cc1ccc(O)cc1)NC(C)=O)C(=O)N[C@@H](CCCN=C(N)N)C(=O)N[C@@H](CC(C)C)C(=O)N[C@@H](Cc1ccc(O)cc1)C(=O)N[C@@H](CC(=O)O)C(=O)N[C@@H](Cc1ccc(O)cc1)C(N)=O. The molecule has 0 saturated heterocycles. The molecule has 17 N–H and O–H groups in total. The molecule has 0 aromatic heterocycles. The lowest BCUT2D eigenvalue weighted by atomic mass is 9.96. The van der Waals surface area contributed by atoms with Gasteiger partial charge in [-0.2, -0.15) is 0 Å². The van der Waals surface area contributed by atoms with E-state index >= 15 is 0 Å². The van der Waals surface area contributed by atoms with Crippen LogP contribution in [0.1, 0.15) is 83.4 Å². The number of phenolic OH excluding ortho intramolecular Hbond substituents is 3. The molecule has 24 nitrogen and oxygen atoms in total. The number of carboxylic acid groups (broad SMARTS) is 1. The average molecular weight is 1050 g/mol. The summed E-state index contributed by atoms with van der Waals surface area (Å²) in [6.45, 7) is 8.26. The van der Waals surface area contributed by atoms with Crippen molar-refractivity contribution >= 4 is 59.2 Å². The van der Waals surface area contributed by atoms with E-state index in [-0.39, 0.29) is 74.2 Å². The molecule has 408 valence electrons. The summed E-state index contributed by atoms with van der Waals surface area (Å²) in [6.07, 6.45) is -0.969. The van der Waals surface area contributed by atoms with Crippen LogP contribution in [-0.4, -0.2) is 128 Å². The van der Waals surface area contributed by atoms with E-state index in [9.17, 15) is 63.6 Å². The Hall–Kier alpha value is -8.44. The highest BCUT2D eigenvalue weighted by molar-refractivity contribution is 5.98. The van der Waals surface area contributed by atoms with Gasteiger partial charge in [0.2, 0.25) is 47.3 Å². The number of benzene rings is 3. The van der Waals surface area contributed by atoms with Crippen LogP contribution in [0.4, 0.5) is 0 Å². The molecule has 0 saturated carbocycles. The summed E-state index contributed by atoms with van der Waals surface area (Å²) in [7, 11) is 0. The van der Waals surface area contributed by atoms with Crippen LogP contribution in [0, 0.1) is 11.8 Å². The molecule has 8 atom stereocenters. The van der Waals surface area contributed by atoms with Gasteiger partial charge in [-0.25, -0.2) is 0 Å². The van der Waals surface area contributed by atoms with Gasteiger partial charge in [-0.1, -0.05) is 70.5 Å². The molecule has 8 amide bonds. The molecule has 0 aliphatic heterocycles. The number of carbonyl (C=O) groups excluding carboxylic acids is 8. The van der Waals surface area contributed by atoms with Crippen LogP contribution in [0.2, 0.25) is 0 Å². The Balaban J connectivity index is 1.95. The summed E-state index contributed by atoms with van der Waals surface area (Å²) in [5, 5.41) is 57.2. The van der Waals surface area contributed by atoms with E-state index in [0.29, 0.717) is 23.1 Å². The molecule has 0 radical (unpaired) electrons. The third-order valence-electron chi connectivity index (χ3n) is 11.8. The number of primary amides is 1. The standard InChI is InChI=1S/C51H71N11O13/c1-6-28(4)43(62-49(74)39(56-29(5)63)24-31-11-17-34(65)18-12-31)50(75)57-36(8-7-21-55-51(53)54)45(70)59-38(22-27(2)3)46(71)60-40(25-32-13-19-35(66)20-14-32)47(72)61-41(26-42(67)68)48(73)58-37(44(52)69)23-30-9-15-33(64)16-10-30/h9-20,27-28,36-41,43,64-66H,6-8,21-26H2,1-5H3,(H2,52,69)(H,56,63)(H,57,75)(H,58,73)(H,59,70)(H,60,71)(H,61,72)(H,62,74)(H,67,68)(H4,53,54,55)/t28-,36-,37-,38-,39-,40-,41-,43-/m0/s1. The number of hydrogen-bond donors (Lipinski definition) is 14. The normalized spacial score (nSPS) is 14.2. The highest BCUT2D eigenvalue weighted by atomic mass is 16.4. The van der Waals surface area contributed by atoms with Crippen LogP contribution >= 0.6 is 0 Å². The van der Waals surface area contributed by atoms with Crippen LogP contribution in [0.25, 0.3) is 0 Å². The zero-order valence-electron chi connectivity index (χ0n) is 42.6. The fourth-order valence-corrected chi connectivity index (χ4v) is 7.66. The van der Waals surface area contributed by atoms with E-state index in [1.54, 1.807) is 39.8 Å². The molecule has 0 aliphatic carbocycles. The predicted octanol–water partition coefficient (Wildman–Crippen LogP) is -0.649. The van der Waals surface area contributed by atoms with Crippen LogP contribution in [0.3, 0.4) is 0 Å². The van der Waals surface area contributed by atoms with Crippen molar-refractivity contribution in [1.29, 1.82) is 0 Å². The number of nitrogens with zero attached hydrogens (tertiary/aromatic N) is 1. The van der Waals surface area contributed by atoms with E-state index in [0.717, 1.165) is 0 Å². The number of phenols is 3.